The molecule has 0 bridgehead atoms. The molecule has 2 aromatic heterocycles. The monoisotopic (exact) mass is 379 g/mol. The number of benzene rings is 2. The first kappa shape index (κ1) is 17.7. The molecule has 4 rings (SSSR count). The minimum absolute atomic E-state index is 0.0530. The summed E-state index contributed by atoms with van der Waals surface area (Å²) < 4.78 is 29.5. The molecular weight excluding hydrogens is 365 g/mol. The van der Waals surface area contributed by atoms with E-state index in [4.69, 9.17) is 13.9 Å². The molecule has 0 saturated heterocycles. The quantitative estimate of drug-likeness (QED) is 0.389. The van der Waals surface area contributed by atoms with Gasteiger partial charge in [-0.2, -0.15) is 0 Å². The van der Waals surface area contributed by atoms with Gasteiger partial charge in [-0.15, -0.1) is 0 Å². The van der Waals surface area contributed by atoms with Crippen molar-refractivity contribution in [1.29, 1.82) is 0 Å². The lowest BCUT2D eigenvalue weighted by Crippen LogP contribution is -2.15. The number of hydrogen-bond acceptors (Lipinski definition) is 6. The summed E-state index contributed by atoms with van der Waals surface area (Å²) >= 11 is 0. The van der Waals surface area contributed by atoms with Crippen LogP contribution in [-0.2, 0) is 16.1 Å². The van der Waals surface area contributed by atoms with Gasteiger partial charge < -0.3 is 13.9 Å². The molecule has 0 unspecified atom stereocenters. The molecule has 0 spiro atoms. The van der Waals surface area contributed by atoms with Crippen LogP contribution in [0.25, 0.3) is 21.9 Å². The number of halogens is 1. The highest BCUT2D eigenvalue weighted by molar-refractivity contribution is 5.82. The van der Waals surface area contributed by atoms with Gasteiger partial charge in [-0.05, 0) is 36.4 Å². The van der Waals surface area contributed by atoms with E-state index in [1.165, 1.54) is 24.3 Å². The largest absolute Gasteiger partial charge is 0.482 e. The van der Waals surface area contributed by atoms with Gasteiger partial charge in [-0.25, -0.2) is 14.0 Å². The van der Waals surface area contributed by atoms with Crippen molar-refractivity contribution in [2.24, 2.45) is 0 Å². The fourth-order valence-electron chi connectivity index (χ4n) is 2.79. The van der Waals surface area contributed by atoms with Gasteiger partial charge in [0.25, 0.3) is 0 Å². The van der Waals surface area contributed by atoms with Gasteiger partial charge in [0.15, 0.2) is 6.61 Å². The van der Waals surface area contributed by atoms with Crippen LogP contribution in [0.1, 0.15) is 5.56 Å². The fraction of sp³-hybridized carbons (Fsp3) is 0.0952. The van der Waals surface area contributed by atoms with Gasteiger partial charge >= 0.3 is 11.6 Å². The number of rotatable bonds is 5. The lowest BCUT2D eigenvalue weighted by Gasteiger charge is -2.09. The Balaban J connectivity index is 1.40. The first-order valence-corrected chi connectivity index (χ1v) is 8.44. The highest BCUT2D eigenvalue weighted by Gasteiger charge is 2.10. The molecule has 4 aromatic rings. The summed E-state index contributed by atoms with van der Waals surface area (Å²) in [6, 6.07) is 14.0. The molecule has 0 fully saturated rings. The maximum Gasteiger partial charge on any atom is 0.344 e. The average molecular weight is 379 g/mol. The maximum absolute atomic E-state index is 13.8. The Hall–Kier alpha value is -3.74. The van der Waals surface area contributed by atoms with Gasteiger partial charge in [-0.3, -0.25) is 4.98 Å². The van der Waals surface area contributed by atoms with Gasteiger partial charge in [0.05, 0.1) is 5.52 Å². The third kappa shape index (κ3) is 3.68. The Morgan fingerprint density at radius 1 is 1.11 bits per heavy atom. The molecule has 0 aliphatic heterocycles. The zero-order chi connectivity index (χ0) is 19.5. The Bertz CT molecular complexity index is 1230. The van der Waals surface area contributed by atoms with Crippen molar-refractivity contribution in [3.05, 3.63) is 82.6 Å². The Morgan fingerprint density at radius 3 is 2.86 bits per heavy atom. The zero-order valence-corrected chi connectivity index (χ0v) is 14.6. The van der Waals surface area contributed by atoms with Crippen LogP contribution in [-0.4, -0.2) is 17.6 Å². The second-order valence-corrected chi connectivity index (χ2v) is 6.01. The number of hydrogen-bond donors (Lipinski definition) is 0. The van der Waals surface area contributed by atoms with E-state index in [2.05, 4.69) is 4.98 Å². The summed E-state index contributed by atoms with van der Waals surface area (Å²) in [6.45, 7) is -0.377. The highest BCUT2D eigenvalue weighted by atomic mass is 19.1. The highest BCUT2D eigenvalue weighted by Crippen LogP contribution is 2.21. The van der Waals surface area contributed by atoms with Gasteiger partial charge in [0.1, 0.15) is 23.8 Å². The van der Waals surface area contributed by atoms with E-state index in [-0.39, 0.29) is 19.0 Å². The lowest BCUT2D eigenvalue weighted by molar-refractivity contribution is -0.147. The molecule has 0 atom stereocenters. The number of fused-ring (bicyclic) bond motifs is 2. The van der Waals surface area contributed by atoms with Crippen LogP contribution < -0.4 is 10.4 Å². The van der Waals surface area contributed by atoms with E-state index >= 15 is 0 Å². The summed E-state index contributed by atoms with van der Waals surface area (Å²) in [5.74, 6) is -0.611. The number of nitrogens with zero attached hydrogens (tertiary/aromatic N) is 1. The summed E-state index contributed by atoms with van der Waals surface area (Å²) in [7, 11) is 0. The minimum Gasteiger partial charge on any atom is -0.482 e. The number of esters is 1. The van der Waals surface area contributed by atoms with E-state index in [1.54, 1.807) is 36.5 Å². The van der Waals surface area contributed by atoms with Crippen molar-refractivity contribution < 1.29 is 23.1 Å². The van der Waals surface area contributed by atoms with Crippen LogP contribution in [0.3, 0.4) is 0 Å². The van der Waals surface area contributed by atoms with Crippen molar-refractivity contribution in [3.8, 4) is 5.75 Å². The topological polar surface area (TPSA) is 78.6 Å². The average Bonchev–Trinajstić information content (AvgIpc) is 2.71. The first-order chi connectivity index (χ1) is 13.6. The van der Waals surface area contributed by atoms with E-state index in [1.807, 2.05) is 0 Å². The van der Waals surface area contributed by atoms with E-state index < -0.39 is 11.6 Å². The van der Waals surface area contributed by atoms with E-state index in [0.717, 1.165) is 5.39 Å². The van der Waals surface area contributed by atoms with Crippen LogP contribution in [0.4, 0.5) is 4.39 Å². The van der Waals surface area contributed by atoms with Crippen LogP contribution in [0.15, 0.2) is 70.0 Å². The third-order valence-electron chi connectivity index (χ3n) is 4.14. The number of pyridine rings is 1. The molecule has 28 heavy (non-hydrogen) atoms. The minimum atomic E-state index is -0.594. The molecule has 0 aliphatic carbocycles. The number of aromatic nitrogens is 1. The van der Waals surface area contributed by atoms with Gasteiger partial charge in [0, 0.05) is 34.7 Å². The molecule has 0 saturated carbocycles. The molecular formula is C21H14FNO5. The molecule has 2 aromatic carbocycles. The normalized spacial score (nSPS) is 10.9. The van der Waals surface area contributed by atoms with Crippen molar-refractivity contribution in [3.63, 3.8) is 0 Å². The molecule has 6 nitrogen and oxygen atoms in total. The number of ether oxygens (including phenoxy) is 2. The fourth-order valence-corrected chi connectivity index (χ4v) is 2.79. The van der Waals surface area contributed by atoms with Crippen molar-refractivity contribution in [1.82, 2.24) is 4.98 Å². The standard InChI is InChI=1S/C21H14FNO5/c22-17-7-4-14(21-16(17)2-1-9-23-21)11-27-20(25)12-26-15-6-3-13-5-8-19(24)28-18(13)10-15/h1-10H,11-12H2. The molecule has 0 amide bonds. The summed E-state index contributed by atoms with van der Waals surface area (Å²) in [5.41, 5.74) is 0.935. The smallest absolute Gasteiger partial charge is 0.344 e. The maximum atomic E-state index is 13.8. The van der Waals surface area contributed by atoms with E-state index in [0.29, 0.717) is 27.8 Å². The number of carbonyl (C=O) groups excluding carboxylic acids is 1. The van der Waals surface area contributed by atoms with Crippen molar-refractivity contribution >= 4 is 27.8 Å². The molecule has 0 N–H and O–H groups in total. The zero-order valence-electron chi connectivity index (χ0n) is 14.6. The van der Waals surface area contributed by atoms with Crippen molar-refractivity contribution in [2.45, 2.75) is 6.61 Å². The molecule has 0 radical (unpaired) electrons. The van der Waals surface area contributed by atoms with Crippen molar-refractivity contribution in [2.75, 3.05) is 6.61 Å². The third-order valence-corrected chi connectivity index (χ3v) is 4.14. The second kappa shape index (κ2) is 7.48. The van der Waals surface area contributed by atoms with Crippen LogP contribution in [0, 0.1) is 5.82 Å². The Labute approximate surface area is 158 Å². The van der Waals surface area contributed by atoms with Crippen LogP contribution >= 0.6 is 0 Å². The summed E-state index contributed by atoms with van der Waals surface area (Å²) in [5, 5.41) is 1.11. The lowest BCUT2D eigenvalue weighted by atomic mass is 10.1. The van der Waals surface area contributed by atoms with Gasteiger partial charge in [-0.1, -0.05) is 6.07 Å². The first-order valence-electron chi connectivity index (χ1n) is 8.44. The molecule has 7 heteroatoms. The van der Waals surface area contributed by atoms with Crippen LogP contribution in [0.5, 0.6) is 5.75 Å². The Morgan fingerprint density at radius 2 is 1.96 bits per heavy atom. The summed E-state index contributed by atoms with van der Waals surface area (Å²) in [4.78, 5) is 27.4. The Kier molecular flexibility index (Phi) is 4.72. The van der Waals surface area contributed by atoms with Gasteiger partial charge in [0.2, 0.25) is 0 Å². The molecule has 2 heterocycles. The molecule has 140 valence electrons. The summed E-state index contributed by atoms with van der Waals surface area (Å²) in [6.07, 6.45) is 1.55. The predicted octanol–water partition coefficient (Wildman–Crippen LogP) is 3.60. The second-order valence-electron chi connectivity index (χ2n) is 6.01. The van der Waals surface area contributed by atoms with E-state index in [9.17, 15) is 14.0 Å². The van der Waals surface area contributed by atoms with Crippen LogP contribution in [0.2, 0.25) is 0 Å². The molecule has 0 aliphatic rings. The number of carbonyl (C=O) groups is 1. The SMILES string of the molecule is O=C(COc1ccc2ccc(=O)oc2c1)OCc1ccc(F)c2cccnc12. The predicted molar refractivity (Wildman–Crippen MR) is 99.5 cm³/mol.